The summed E-state index contributed by atoms with van der Waals surface area (Å²) in [6.07, 6.45) is 1.67. The van der Waals surface area contributed by atoms with Gasteiger partial charge in [0.15, 0.2) is 11.6 Å². The zero-order chi connectivity index (χ0) is 12.8. The smallest absolute Gasteiger partial charge is 0.169 e. The molecular formula is C12H18FNO2S. The van der Waals surface area contributed by atoms with Crippen molar-refractivity contribution in [2.75, 3.05) is 19.9 Å². The lowest BCUT2D eigenvalue weighted by atomic mass is 10.2. The molecule has 17 heavy (non-hydrogen) atoms. The molecule has 0 radical (unpaired) electrons. The van der Waals surface area contributed by atoms with E-state index in [-0.39, 0.29) is 16.8 Å². The van der Waals surface area contributed by atoms with Crippen LogP contribution in [0.1, 0.15) is 12.5 Å². The Morgan fingerprint density at radius 1 is 1.53 bits per heavy atom. The molecule has 1 aromatic rings. The number of hydrogen-bond acceptors (Lipinski definition) is 3. The Hall–Kier alpha value is -0.940. The summed E-state index contributed by atoms with van der Waals surface area (Å²) in [5, 5.41) is 3.15. The summed E-state index contributed by atoms with van der Waals surface area (Å²) in [6, 6.07) is 5.04. The van der Waals surface area contributed by atoms with E-state index in [1.54, 1.807) is 24.5 Å². The summed E-state index contributed by atoms with van der Waals surface area (Å²) in [4.78, 5) is 0. The fourth-order valence-electron chi connectivity index (χ4n) is 1.38. The van der Waals surface area contributed by atoms with Gasteiger partial charge in [-0.05, 0) is 13.0 Å². The van der Waals surface area contributed by atoms with Gasteiger partial charge < -0.3 is 10.1 Å². The molecule has 0 aliphatic heterocycles. The second kappa shape index (κ2) is 6.71. The van der Waals surface area contributed by atoms with Crippen LogP contribution >= 0.6 is 0 Å². The Morgan fingerprint density at radius 3 is 2.82 bits per heavy atom. The lowest BCUT2D eigenvalue weighted by Crippen LogP contribution is -2.27. The Morgan fingerprint density at radius 2 is 2.24 bits per heavy atom. The van der Waals surface area contributed by atoms with Gasteiger partial charge in [-0.1, -0.05) is 12.1 Å². The van der Waals surface area contributed by atoms with Crippen LogP contribution in [0.3, 0.4) is 0 Å². The van der Waals surface area contributed by atoms with Crippen LogP contribution in [0.15, 0.2) is 18.2 Å². The van der Waals surface area contributed by atoms with Gasteiger partial charge in [0.2, 0.25) is 0 Å². The van der Waals surface area contributed by atoms with E-state index in [1.165, 1.54) is 7.11 Å². The summed E-state index contributed by atoms with van der Waals surface area (Å²) >= 11 is 0. The van der Waals surface area contributed by atoms with Crippen LogP contribution in [0, 0.1) is 5.82 Å². The summed E-state index contributed by atoms with van der Waals surface area (Å²) in [7, 11) is 0.582. The number of nitrogens with one attached hydrogen (secondary N) is 1. The van der Waals surface area contributed by atoms with Gasteiger partial charge in [-0.15, -0.1) is 0 Å². The maximum Gasteiger partial charge on any atom is 0.169 e. The third-order valence-corrected chi connectivity index (χ3v) is 3.88. The number of ether oxygens (including phenoxy) is 1. The van der Waals surface area contributed by atoms with Crippen molar-refractivity contribution < 1.29 is 13.3 Å². The van der Waals surface area contributed by atoms with Crippen LogP contribution in [0.4, 0.5) is 4.39 Å². The predicted octanol–water partition coefficient (Wildman–Crippen LogP) is 1.69. The third kappa shape index (κ3) is 4.09. The highest BCUT2D eigenvalue weighted by molar-refractivity contribution is 7.84. The molecule has 0 aliphatic carbocycles. The van der Waals surface area contributed by atoms with Crippen LogP contribution in [0.25, 0.3) is 0 Å². The van der Waals surface area contributed by atoms with Crippen LogP contribution in [0.2, 0.25) is 0 Å². The predicted molar refractivity (Wildman–Crippen MR) is 68.2 cm³/mol. The Labute approximate surface area is 104 Å². The topological polar surface area (TPSA) is 38.3 Å². The number of halogens is 1. The summed E-state index contributed by atoms with van der Waals surface area (Å²) in [5.41, 5.74) is 0.554. The fraction of sp³-hybridized carbons (Fsp3) is 0.500. The molecule has 0 aliphatic rings. The maximum atomic E-state index is 13.7. The van der Waals surface area contributed by atoms with Crippen LogP contribution < -0.4 is 10.1 Å². The first-order valence-corrected chi connectivity index (χ1v) is 7.02. The van der Waals surface area contributed by atoms with Gasteiger partial charge >= 0.3 is 0 Å². The zero-order valence-electron chi connectivity index (χ0n) is 10.3. The van der Waals surface area contributed by atoms with Crippen LogP contribution in [0.5, 0.6) is 5.75 Å². The normalized spacial score (nSPS) is 14.4. The molecule has 0 fully saturated rings. The van der Waals surface area contributed by atoms with Crippen LogP contribution in [-0.2, 0) is 17.3 Å². The van der Waals surface area contributed by atoms with E-state index in [9.17, 15) is 8.60 Å². The molecule has 0 amide bonds. The molecule has 1 rings (SSSR count). The Bertz CT molecular complexity index is 398. The lowest BCUT2D eigenvalue weighted by Gasteiger charge is -2.11. The highest BCUT2D eigenvalue weighted by Crippen LogP contribution is 2.19. The molecule has 0 saturated carbocycles. The second-order valence-corrected chi connectivity index (χ2v) is 5.68. The standard InChI is InChI=1S/C12H18FNO2S/c1-9(17(3)15)7-14-8-10-5-4-6-11(16-2)12(10)13/h4-6,9,14H,7-8H2,1-3H3. The van der Waals surface area contributed by atoms with Crippen molar-refractivity contribution in [3.63, 3.8) is 0 Å². The molecule has 2 unspecified atom stereocenters. The average Bonchev–Trinajstić information content (AvgIpc) is 2.31. The van der Waals surface area contributed by atoms with Crippen molar-refractivity contribution in [1.82, 2.24) is 5.32 Å². The monoisotopic (exact) mass is 259 g/mol. The summed E-state index contributed by atoms with van der Waals surface area (Å²) in [6.45, 7) is 2.90. The Kier molecular flexibility index (Phi) is 5.58. The second-order valence-electron chi connectivity index (χ2n) is 3.87. The van der Waals surface area contributed by atoms with E-state index in [2.05, 4.69) is 5.32 Å². The molecule has 2 atom stereocenters. The number of methoxy groups -OCH3 is 1. The van der Waals surface area contributed by atoms with E-state index < -0.39 is 10.8 Å². The van der Waals surface area contributed by atoms with Gasteiger partial charge in [-0.2, -0.15) is 0 Å². The van der Waals surface area contributed by atoms with Gasteiger partial charge in [0, 0.05) is 41.0 Å². The first-order chi connectivity index (χ1) is 8.06. The molecular weight excluding hydrogens is 241 g/mol. The molecule has 0 aromatic heterocycles. The van der Waals surface area contributed by atoms with Crippen molar-refractivity contribution in [2.45, 2.75) is 18.7 Å². The van der Waals surface area contributed by atoms with E-state index in [1.807, 2.05) is 6.92 Å². The minimum absolute atomic E-state index is 0.0590. The van der Waals surface area contributed by atoms with Gasteiger partial charge in [0.1, 0.15) is 0 Å². The van der Waals surface area contributed by atoms with Gasteiger partial charge in [0.05, 0.1) is 7.11 Å². The van der Waals surface area contributed by atoms with Crippen molar-refractivity contribution in [3.8, 4) is 5.75 Å². The highest BCUT2D eigenvalue weighted by atomic mass is 32.2. The first-order valence-electron chi connectivity index (χ1n) is 5.40. The average molecular weight is 259 g/mol. The summed E-state index contributed by atoms with van der Waals surface area (Å²) in [5.74, 6) is -0.0933. The SMILES string of the molecule is COc1cccc(CNCC(C)S(C)=O)c1F. The molecule has 3 nitrogen and oxygen atoms in total. The zero-order valence-corrected chi connectivity index (χ0v) is 11.1. The minimum Gasteiger partial charge on any atom is -0.494 e. The molecule has 5 heteroatoms. The molecule has 0 spiro atoms. The highest BCUT2D eigenvalue weighted by Gasteiger charge is 2.09. The van der Waals surface area contributed by atoms with Crippen molar-refractivity contribution in [3.05, 3.63) is 29.6 Å². The first kappa shape index (κ1) is 14.1. The van der Waals surface area contributed by atoms with E-state index in [4.69, 9.17) is 4.74 Å². The van der Waals surface area contributed by atoms with E-state index >= 15 is 0 Å². The minimum atomic E-state index is -0.860. The number of benzene rings is 1. The van der Waals surface area contributed by atoms with Gasteiger partial charge in [0.25, 0.3) is 0 Å². The molecule has 0 heterocycles. The molecule has 1 aromatic carbocycles. The summed E-state index contributed by atoms with van der Waals surface area (Å²) < 4.78 is 29.8. The van der Waals surface area contributed by atoms with Crippen molar-refractivity contribution in [2.24, 2.45) is 0 Å². The maximum absolute atomic E-state index is 13.7. The largest absolute Gasteiger partial charge is 0.494 e. The van der Waals surface area contributed by atoms with Crippen molar-refractivity contribution in [1.29, 1.82) is 0 Å². The third-order valence-electron chi connectivity index (χ3n) is 2.58. The quantitative estimate of drug-likeness (QED) is 0.845. The van der Waals surface area contributed by atoms with Crippen LogP contribution in [-0.4, -0.2) is 29.4 Å². The molecule has 0 bridgehead atoms. The lowest BCUT2D eigenvalue weighted by molar-refractivity contribution is 0.383. The number of rotatable bonds is 6. The van der Waals surface area contributed by atoms with Gasteiger partial charge in [-0.25, -0.2) is 4.39 Å². The van der Waals surface area contributed by atoms with Gasteiger partial charge in [-0.3, -0.25) is 4.21 Å². The van der Waals surface area contributed by atoms with E-state index in [0.29, 0.717) is 18.7 Å². The fourth-order valence-corrected chi connectivity index (χ4v) is 1.73. The Balaban J connectivity index is 2.55. The molecule has 0 saturated heterocycles. The van der Waals surface area contributed by atoms with Crippen molar-refractivity contribution >= 4 is 10.8 Å². The molecule has 1 N–H and O–H groups in total. The number of hydrogen-bond donors (Lipinski definition) is 1. The molecule has 96 valence electrons. The van der Waals surface area contributed by atoms with E-state index in [0.717, 1.165) is 0 Å².